The first-order valence-corrected chi connectivity index (χ1v) is 7.07. The predicted octanol–water partition coefficient (Wildman–Crippen LogP) is 4.01. The molecule has 0 aliphatic rings. The summed E-state index contributed by atoms with van der Waals surface area (Å²) < 4.78 is 0. The van der Waals surface area contributed by atoms with Gasteiger partial charge in [0.2, 0.25) is 0 Å². The average molecular weight is 483 g/mol. The quantitative estimate of drug-likeness (QED) is 0.410. The molecule has 2 aromatic heterocycles. The molecule has 0 unspecified atom stereocenters. The first-order chi connectivity index (χ1) is 10.6. The SMILES string of the molecule is CC(=O)c1ccc[n-]1.Cc1c[c-]c(-c2ccccn2)c(C)c1.[Ir]. The maximum absolute atomic E-state index is 10.4. The van der Waals surface area contributed by atoms with E-state index in [4.69, 9.17) is 0 Å². The van der Waals surface area contributed by atoms with E-state index >= 15 is 0 Å². The molecule has 3 aromatic rings. The number of benzene rings is 1. The van der Waals surface area contributed by atoms with Crippen molar-refractivity contribution in [3.8, 4) is 11.3 Å². The van der Waals surface area contributed by atoms with Crippen LogP contribution in [0.1, 0.15) is 28.5 Å². The minimum atomic E-state index is 0. The number of hydrogen-bond acceptors (Lipinski definition) is 2. The van der Waals surface area contributed by atoms with Gasteiger partial charge in [-0.25, -0.2) is 0 Å². The summed E-state index contributed by atoms with van der Waals surface area (Å²) in [6.07, 6.45) is 3.42. The summed E-state index contributed by atoms with van der Waals surface area (Å²) in [6.45, 7) is 5.67. The summed E-state index contributed by atoms with van der Waals surface area (Å²) in [5.41, 5.74) is 5.09. The zero-order valence-electron chi connectivity index (χ0n) is 13.3. The third kappa shape index (κ3) is 5.59. The van der Waals surface area contributed by atoms with Gasteiger partial charge in [0, 0.05) is 26.3 Å². The van der Waals surface area contributed by atoms with Crippen LogP contribution in [0.5, 0.6) is 0 Å². The molecule has 121 valence electrons. The monoisotopic (exact) mass is 483 g/mol. The van der Waals surface area contributed by atoms with Gasteiger partial charge in [0.25, 0.3) is 0 Å². The standard InChI is InChI=1S/C13H12N.C6H7NO.Ir/c1-10-6-7-12(11(2)9-10)13-5-3-4-8-14-13;1-5(8)6-3-2-4-7-6;/h3-6,8-9H,1-2H3;2-4H,1H3,(H,7,8);/q-1;;/p-1. The van der Waals surface area contributed by atoms with Gasteiger partial charge in [-0.3, -0.25) is 4.79 Å². The van der Waals surface area contributed by atoms with Gasteiger partial charge >= 0.3 is 0 Å². The molecule has 0 saturated carbocycles. The Kier molecular flexibility index (Phi) is 7.59. The Morgan fingerprint density at radius 1 is 1.17 bits per heavy atom. The van der Waals surface area contributed by atoms with Gasteiger partial charge in [0.15, 0.2) is 0 Å². The van der Waals surface area contributed by atoms with Gasteiger partial charge in [-0.05, 0) is 18.7 Å². The van der Waals surface area contributed by atoms with Crippen molar-refractivity contribution in [2.24, 2.45) is 0 Å². The molecule has 0 fully saturated rings. The summed E-state index contributed by atoms with van der Waals surface area (Å²) >= 11 is 0. The third-order valence-corrected chi connectivity index (χ3v) is 3.12. The van der Waals surface area contributed by atoms with Crippen LogP contribution in [0.4, 0.5) is 0 Å². The maximum Gasteiger partial charge on any atom is 0.138 e. The van der Waals surface area contributed by atoms with Crippen LogP contribution < -0.4 is 4.98 Å². The minimum absolute atomic E-state index is 0. The first-order valence-electron chi connectivity index (χ1n) is 7.07. The fourth-order valence-electron chi connectivity index (χ4n) is 2.05. The molecule has 0 atom stereocenters. The van der Waals surface area contributed by atoms with E-state index in [0.717, 1.165) is 11.3 Å². The summed E-state index contributed by atoms with van der Waals surface area (Å²) in [5.74, 6) is 0.0231. The molecule has 0 aliphatic carbocycles. The molecule has 4 heteroatoms. The number of carbonyl (C=O) groups is 1. The molecule has 0 bridgehead atoms. The van der Waals surface area contributed by atoms with Crippen LogP contribution in [-0.2, 0) is 20.1 Å². The Bertz CT molecular complexity index is 737. The van der Waals surface area contributed by atoms with Gasteiger partial charge in [-0.1, -0.05) is 43.8 Å². The summed E-state index contributed by atoms with van der Waals surface area (Å²) in [5, 5.41) is 0. The average Bonchev–Trinajstić information content (AvgIpc) is 3.03. The Morgan fingerprint density at radius 2 is 1.96 bits per heavy atom. The molecule has 3 rings (SSSR count). The number of Topliss-reactive ketones (excluding diaryl/α,β-unsaturated/α-hetero) is 1. The largest absolute Gasteiger partial charge is 0.661 e. The Morgan fingerprint density at radius 3 is 2.43 bits per heavy atom. The molecule has 0 aliphatic heterocycles. The van der Waals surface area contributed by atoms with Crippen LogP contribution in [0.2, 0.25) is 0 Å². The molecule has 0 saturated heterocycles. The number of nitrogens with zero attached hydrogens (tertiary/aromatic N) is 2. The van der Waals surface area contributed by atoms with E-state index < -0.39 is 0 Å². The van der Waals surface area contributed by atoms with Crippen LogP contribution in [0.3, 0.4) is 0 Å². The molecule has 1 radical (unpaired) electrons. The van der Waals surface area contributed by atoms with Crippen LogP contribution in [0.25, 0.3) is 11.3 Å². The zero-order chi connectivity index (χ0) is 15.9. The molecule has 1 aromatic carbocycles. The molecule has 2 heterocycles. The Labute approximate surface area is 150 Å². The van der Waals surface area contributed by atoms with Crippen molar-refractivity contribution in [1.82, 2.24) is 9.97 Å². The maximum atomic E-state index is 10.4. The number of ketones is 1. The van der Waals surface area contributed by atoms with E-state index in [1.54, 1.807) is 18.3 Å². The molecular formula is C19H18IrN2O-2. The van der Waals surface area contributed by atoms with E-state index in [0.29, 0.717) is 5.69 Å². The molecule has 0 spiro atoms. The minimum Gasteiger partial charge on any atom is -0.661 e. The molecule has 23 heavy (non-hydrogen) atoms. The van der Waals surface area contributed by atoms with Crippen LogP contribution in [0.15, 0.2) is 54.9 Å². The Balaban J connectivity index is 0.000000253. The van der Waals surface area contributed by atoms with Gasteiger partial charge in [-0.2, -0.15) is 6.20 Å². The van der Waals surface area contributed by atoms with E-state index in [9.17, 15) is 4.79 Å². The second kappa shape index (κ2) is 9.19. The predicted molar refractivity (Wildman–Crippen MR) is 87.7 cm³/mol. The topological polar surface area (TPSA) is 44.1 Å². The Hall–Kier alpha value is -2.03. The van der Waals surface area contributed by atoms with Crippen molar-refractivity contribution in [2.75, 3.05) is 0 Å². The van der Waals surface area contributed by atoms with Gasteiger partial charge in [-0.15, -0.1) is 34.9 Å². The second-order valence-corrected chi connectivity index (χ2v) is 5.03. The van der Waals surface area contributed by atoms with Gasteiger partial charge < -0.3 is 9.97 Å². The van der Waals surface area contributed by atoms with Crippen LogP contribution in [-0.4, -0.2) is 10.8 Å². The van der Waals surface area contributed by atoms with Crippen molar-refractivity contribution in [3.63, 3.8) is 0 Å². The van der Waals surface area contributed by atoms with Gasteiger partial charge in [0.1, 0.15) is 5.78 Å². The molecule has 3 nitrogen and oxygen atoms in total. The molecular weight excluding hydrogens is 464 g/mol. The van der Waals surface area contributed by atoms with Crippen molar-refractivity contribution < 1.29 is 24.9 Å². The number of aryl methyl sites for hydroxylation is 2. The fraction of sp³-hybridized carbons (Fsp3) is 0.158. The van der Waals surface area contributed by atoms with Gasteiger partial charge in [0.05, 0.1) is 0 Å². The second-order valence-electron chi connectivity index (χ2n) is 5.03. The molecule has 0 amide bonds. The first kappa shape index (κ1) is 19.0. The molecule has 0 N–H and O–H groups in total. The fourth-order valence-corrected chi connectivity index (χ4v) is 2.05. The van der Waals surface area contributed by atoms with E-state index in [1.807, 2.05) is 30.5 Å². The van der Waals surface area contributed by atoms with E-state index in [2.05, 4.69) is 35.9 Å². The van der Waals surface area contributed by atoms with Crippen LogP contribution in [0, 0.1) is 19.9 Å². The smallest absolute Gasteiger partial charge is 0.138 e. The van der Waals surface area contributed by atoms with Crippen molar-refractivity contribution in [2.45, 2.75) is 20.8 Å². The van der Waals surface area contributed by atoms with Crippen molar-refractivity contribution >= 4 is 5.78 Å². The number of rotatable bonds is 2. The van der Waals surface area contributed by atoms with Crippen molar-refractivity contribution in [3.05, 3.63) is 77.7 Å². The number of hydrogen-bond donors (Lipinski definition) is 0. The zero-order valence-corrected chi connectivity index (χ0v) is 15.7. The number of aromatic nitrogens is 2. The van der Waals surface area contributed by atoms with Crippen LogP contribution >= 0.6 is 0 Å². The van der Waals surface area contributed by atoms with E-state index in [-0.39, 0.29) is 25.9 Å². The summed E-state index contributed by atoms with van der Waals surface area (Å²) in [4.78, 5) is 18.5. The normalized spacial score (nSPS) is 9.35. The number of carbonyl (C=O) groups excluding carboxylic acids is 1. The van der Waals surface area contributed by atoms with E-state index in [1.165, 1.54) is 18.1 Å². The summed E-state index contributed by atoms with van der Waals surface area (Å²) in [7, 11) is 0. The van der Waals surface area contributed by atoms with Crippen molar-refractivity contribution in [1.29, 1.82) is 0 Å². The summed E-state index contributed by atoms with van der Waals surface area (Å²) in [6, 6.07) is 16.8. The number of pyridine rings is 1. The third-order valence-electron chi connectivity index (χ3n) is 3.12.